The molecule has 1 atom stereocenters. The first kappa shape index (κ1) is 10.2. The number of alkyl halides is 1. The van der Waals surface area contributed by atoms with Gasteiger partial charge in [-0.05, 0) is 12.5 Å². The third-order valence-corrected chi connectivity index (χ3v) is 2.08. The number of nitrogens with two attached hydrogens (primary N) is 1. The minimum atomic E-state index is -0.958. The quantitative estimate of drug-likeness (QED) is 0.754. The van der Waals surface area contributed by atoms with E-state index in [0.717, 1.165) is 17.8 Å². The minimum absolute atomic E-state index is 0.0760. The van der Waals surface area contributed by atoms with Crippen LogP contribution in [0.3, 0.4) is 0 Å². The Morgan fingerprint density at radius 2 is 2.38 bits per heavy atom. The van der Waals surface area contributed by atoms with Crippen LogP contribution in [0.25, 0.3) is 0 Å². The smallest absolute Gasteiger partial charge is 0.118 e. The summed E-state index contributed by atoms with van der Waals surface area (Å²) in [5, 5.41) is 4.23. The molecule has 0 amide bonds. The lowest BCUT2D eigenvalue weighted by atomic mass is 10.2. The molecule has 0 spiro atoms. The zero-order valence-corrected chi connectivity index (χ0v) is 8.13. The Balaban J connectivity index is 2.70. The Kier molecular flexibility index (Phi) is 3.42. The monoisotopic (exact) mass is 185 g/mol. The average molecular weight is 185 g/mol. The second-order valence-electron chi connectivity index (χ2n) is 3.14. The van der Waals surface area contributed by atoms with Crippen molar-refractivity contribution in [2.75, 3.05) is 6.54 Å². The summed E-state index contributed by atoms with van der Waals surface area (Å²) in [7, 11) is 1.83. The van der Waals surface area contributed by atoms with Gasteiger partial charge >= 0.3 is 0 Å². The summed E-state index contributed by atoms with van der Waals surface area (Å²) in [5.74, 6) is 0. The average Bonchev–Trinajstić information content (AvgIpc) is 2.47. The van der Waals surface area contributed by atoms with Gasteiger partial charge in [-0.15, -0.1) is 0 Å². The van der Waals surface area contributed by atoms with Crippen molar-refractivity contribution in [2.24, 2.45) is 12.8 Å². The molecule has 0 aromatic carbocycles. The molecule has 1 aromatic rings. The van der Waals surface area contributed by atoms with Gasteiger partial charge in [-0.25, -0.2) is 4.39 Å². The molecule has 1 rings (SSSR count). The van der Waals surface area contributed by atoms with E-state index in [9.17, 15) is 4.39 Å². The fourth-order valence-electron chi connectivity index (χ4n) is 1.25. The lowest BCUT2D eigenvalue weighted by molar-refractivity contribution is 0.334. The van der Waals surface area contributed by atoms with Crippen molar-refractivity contribution in [1.82, 2.24) is 9.78 Å². The molecule has 2 N–H and O–H groups in total. The first-order valence-corrected chi connectivity index (χ1v) is 4.53. The lowest BCUT2D eigenvalue weighted by Crippen LogP contribution is -2.19. The van der Waals surface area contributed by atoms with Gasteiger partial charge < -0.3 is 5.73 Å². The van der Waals surface area contributed by atoms with Gasteiger partial charge in [-0.3, -0.25) is 4.68 Å². The van der Waals surface area contributed by atoms with E-state index in [1.165, 1.54) is 0 Å². The van der Waals surface area contributed by atoms with Gasteiger partial charge in [0.2, 0.25) is 0 Å². The second-order valence-corrected chi connectivity index (χ2v) is 3.14. The molecular formula is C9H16FN3. The number of nitrogens with zero attached hydrogens (tertiary/aromatic N) is 2. The maximum Gasteiger partial charge on any atom is 0.118 e. The van der Waals surface area contributed by atoms with Gasteiger partial charge in [-0.2, -0.15) is 5.10 Å². The van der Waals surface area contributed by atoms with Crippen LogP contribution >= 0.6 is 0 Å². The molecule has 1 unspecified atom stereocenters. The maximum atomic E-state index is 12.9. The molecule has 0 fully saturated rings. The SMILES string of the molecule is CCc1cc(CC(F)CN)n(C)n1. The van der Waals surface area contributed by atoms with Gasteiger partial charge in [-0.1, -0.05) is 6.92 Å². The molecule has 0 saturated heterocycles. The molecule has 0 aliphatic heterocycles. The Hall–Kier alpha value is -0.900. The predicted octanol–water partition coefficient (Wildman–Crippen LogP) is 0.822. The van der Waals surface area contributed by atoms with Gasteiger partial charge in [0.05, 0.1) is 5.69 Å². The van der Waals surface area contributed by atoms with Crippen LogP contribution in [0.4, 0.5) is 4.39 Å². The number of rotatable bonds is 4. The van der Waals surface area contributed by atoms with Crippen molar-refractivity contribution in [1.29, 1.82) is 0 Å². The lowest BCUT2D eigenvalue weighted by Gasteiger charge is -2.04. The highest BCUT2D eigenvalue weighted by atomic mass is 19.1. The van der Waals surface area contributed by atoms with Crippen molar-refractivity contribution in [3.8, 4) is 0 Å². The highest BCUT2D eigenvalue weighted by molar-refractivity contribution is 5.11. The van der Waals surface area contributed by atoms with Crippen LogP contribution in [0.5, 0.6) is 0 Å². The predicted molar refractivity (Wildman–Crippen MR) is 50.2 cm³/mol. The zero-order valence-electron chi connectivity index (χ0n) is 8.13. The van der Waals surface area contributed by atoms with Crippen LogP contribution in [-0.2, 0) is 19.9 Å². The number of aryl methyl sites for hydroxylation is 2. The molecule has 0 radical (unpaired) electrons. The molecule has 0 aliphatic rings. The molecule has 0 aliphatic carbocycles. The van der Waals surface area contributed by atoms with Crippen LogP contribution in [0.2, 0.25) is 0 Å². The highest BCUT2D eigenvalue weighted by Crippen LogP contribution is 2.07. The summed E-state index contributed by atoms with van der Waals surface area (Å²) in [6.45, 7) is 2.11. The van der Waals surface area contributed by atoms with E-state index in [4.69, 9.17) is 5.73 Å². The summed E-state index contributed by atoms with van der Waals surface area (Å²) in [5.41, 5.74) is 7.12. The van der Waals surface area contributed by atoms with Crippen molar-refractivity contribution < 1.29 is 4.39 Å². The zero-order chi connectivity index (χ0) is 9.84. The molecule has 0 saturated carbocycles. The van der Waals surface area contributed by atoms with E-state index >= 15 is 0 Å². The Morgan fingerprint density at radius 1 is 1.69 bits per heavy atom. The molecule has 3 nitrogen and oxygen atoms in total. The first-order chi connectivity index (χ1) is 6.17. The fourth-order valence-corrected chi connectivity index (χ4v) is 1.25. The van der Waals surface area contributed by atoms with E-state index in [0.29, 0.717) is 6.42 Å². The van der Waals surface area contributed by atoms with Gasteiger partial charge in [0.25, 0.3) is 0 Å². The van der Waals surface area contributed by atoms with Crippen molar-refractivity contribution in [3.05, 3.63) is 17.5 Å². The third kappa shape index (κ3) is 2.52. The topological polar surface area (TPSA) is 43.8 Å². The van der Waals surface area contributed by atoms with Gasteiger partial charge in [0, 0.05) is 25.7 Å². The van der Waals surface area contributed by atoms with E-state index in [1.54, 1.807) is 4.68 Å². The van der Waals surface area contributed by atoms with Crippen LogP contribution < -0.4 is 5.73 Å². The highest BCUT2D eigenvalue weighted by Gasteiger charge is 2.09. The first-order valence-electron chi connectivity index (χ1n) is 4.53. The standard InChI is InChI=1S/C9H16FN3/c1-3-8-5-9(13(2)12-8)4-7(10)6-11/h5,7H,3-4,6,11H2,1-2H3. The second kappa shape index (κ2) is 4.37. The third-order valence-electron chi connectivity index (χ3n) is 2.08. The summed E-state index contributed by atoms with van der Waals surface area (Å²) in [6.07, 6.45) is 0.285. The van der Waals surface area contributed by atoms with E-state index in [2.05, 4.69) is 5.10 Å². The van der Waals surface area contributed by atoms with Gasteiger partial charge in [0.15, 0.2) is 0 Å². The van der Waals surface area contributed by atoms with Crippen LogP contribution in [0, 0.1) is 0 Å². The Labute approximate surface area is 77.7 Å². The number of aromatic nitrogens is 2. The van der Waals surface area contributed by atoms with E-state index < -0.39 is 6.17 Å². The van der Waals surface area contributed by atoms with Crippen LogP contribution in [-0.4, -0.2) is 22.5 Å². The normalized spacial score (nSPS) is 13.2. The van der Waals surface area contributed by atoms with Crippen LogP contribution in [0.15, 0.2) is 6.07 Å². The van der Waals surface area contributed by atoms with E-state index in [-0.39, 0.29) is 6.54 Å². The van der Waals surface area contributed by atoms with E-state index in [1.807, 2.05) is 20.0 Å². The number of hydrogen-bond donors (Lipinski definition) is 1. The minimum Gasteiger partial charge on any atom is -0.328 e. The molecule has 13 heavy (non-hydrogen) atoms. The summed E-state index contributed by atoms with van der Waals surface area (Å²) in [6, 6.07) is 1.93. The van der Waals surface area contributed by atoms with Gasteiger partial charge in [0.1, 0.15) is 6.17 Å². The number of halogens is 1. The van der Waals surface area contributed by atoms with Crippen molar-refractivity contribution in [3.63, 3.8) is 0 Å². The molecule has 1 heterocycles. The Bertz CT molecular complexity index is 270. The fraction of sp³-hybridized carbons (Fsp3) is 0.667. The largest absolute Gasteiger partial charge is 0.328 e. The molecule has 0 bridgehead atoms. The molecule has 4 heteroatoms. The molecule has 74 valence electrons. The summed E-state index contributed by atoms with van der Waals surface area (Å²) in [4.78, 5) is 0. The van der Waals surface area contributed by atoms with Crippen molar-refractivity contribution in [2.45, 2.75) is 25.9 Å². The molecular weight excluding hydrogens is 169 g/mol. The van der Waals surface area contributed by atoms with Crippen molar-refractivity contribution >= 4 is 0 Å². The molecule has 1 aromatic heterocycles. The van der Waals surface area contributed by atoms with Crippen LogP contribution in [0.1, 0.15) is 18.3 Å². The summed E-state index contributed by atoms with van der Waals surface area (Å²) >= 11 is 0. The maximum absolute atomic E-state index is 12.9. The Morgan fingerprint density at radius 3 is 2.85 bits per heavy atom. The number of hydrogen-bond acceptors (Lipinski definition) is 2. The summed E-state index contributed by atoms with van der Waals surface area (Å²) < 4.78 is 14.7.